The molecule has 0 aliphatic carbocycles. The molecule has 0 radical (unpaired) electrons. The van der Waals surface area contributed by atoms with Gasteiger partial charge in [0.25, 0.3) is 5.91 Å². The van der Waals surface area contributed by atoms with Crippen molar-refractivity contribution in [3.05, 3.63) is 65.7 Å². The molecule has 0 fully saturated rings. The fraction of sp³-hybridized carbons (Fsp3) is 0.211. The van der Waals surface area contributed by atoms with Gasteiger partial charge in [0, 0.05) is 0 Å². The Labute approximate surface area is 146 Å². The van der Waals surface area contributed by atoms with Crippen LogP contribution in [0.25, 0.3) is 0 Å². The maximum Gasteiger partial charge on any atom is 0.258 e. The summed E-state index contributed by atoms with van der Waals surface area (Å²) in [4.78, 5) is 23.6. The molecule has 0 aliphatic rings. The molecule has 0 heterocycles. The van der Waals surface area contributed by atoms with Gasteiger partial charge in [-0.1, -0.05) is 30.3 Å². The van der Waals surface area contributed by atoms with Gasteiger partial charge in [-0.3, -0.25) is 9.59 Å². The van der Waals surface area contributed by atoms with Gasteiger partial charge in [-0.15, -0.1) is 0 Å². The highest BCUT2D eigenvalue weighted by atomic mass is 16.5. The number of rotatable bonds is 7. The fourth-order valence-electron chi connectivity index (χ4n) is 2.12. The van der Waals surface area contributed by atoms with E-state index in [-0.39, 0.29) is 31.0 Å². The first-order chi connectivity index (χ1) is 12.1. The number of para-hydroxylation sites is 1. The number of nitriles is 1. The van der Waals surface area contributed by atoms with Gasteiger partial charge in [-0.05, 0) is 36.8 Å². The van der Waals surface area contributed by atoms with Gasteiger partial charge in [0.05, 0.1) is 24.2 Å². The average molecular weight is 337 g/mol. The van der Waals surface area contributed by atoms with E-state index in [9.17, 15) is 9.59 Å². The lowest BCUT2D eigenvalue weighted by molar-refractivity contribution is -0.127. The molecule has 0 aliphatic heterocycles. The largest absolute Gasteiger partial charge is 0.484 e. The maximum atomic E-state index is 11.9. The number of hydrogen-bond donors (Lipinski definition) is 2. The Morgan fingerprint density at radius 3 is 2.40 bits per heavy atom. The Morgan fingerprint density at radius 2 is 1.76 bits per heavy atom. The lowest BCUT2D eigenvalue weighted by Crippen LogP contribution is -2.39. The summed E-state index contributed by atoms with van der Waals surface area (Å²) in [5, 5.41) is 14.1. The zero-order chi connectivity index (χ0) is 18.1. The Hall–Kier alpha value is -3.33. The fourth-order valence-corrected chi connectivity index (χ4v) is 2.12. The van der Waals surface area contributed by atoms with Crippen molar-refractivity contribution in [1.82, 2.24) is 10.6 Å². The van der Waals surface area contributed by atoms with Crippen LogP contribution in [0.5, 0.6) is 5.75 Å². The smallest absolute Gasteiger partial charge is 0.258 e. The Morgan fingerprint density at radius 1 is 1.08 bits per heavy atom. The summed E-state index contributed by atoms with van der Waals surface area (Å²) in [6.45, 7) is 1.56. The van der Waals surface area contributed by atoms with Crippen LogP contribution < -0.4 is 15.4 Å². The standard InChI is InChI=1S/C19H19N3O3/c1-14(16-9-7-15(11-20)8-10-16)22-18(23)12-21-19(24)13-25-17-5-3-2-4-6-17/h2-10,14H,12-13H2,1H3,(H,21,24)(H,22,23). The molecular weight excluding hydrogens is 318 g/mol. The SMILES string of the molecule is CC(NC(=O)CNC(=O)COc1ccccc1)c1ccc(C#N)cc1. The maximum absolute atomic E-state index is 11.9. The second kappa shape index (κ2) is 9.08. The zero-order valence-electron chi connectivity index (χ0n) is 13.9. The van der Waals surface area contributed by atoms with E-state index < -0.39 is 0 Å². The van der Waals surface area contributed by atoms with E-state index in [4.69, 9.17) is 10.00 Å². The summed E-state index contributed by atoms with van der Waals surface area (Å²) >= 11 is 0. The van der Waals surface area contributed by atoms with E-state index in [1.807, 2.05) is 31.2 Å². The first-order valence-electron chi connectivity index (χ1n) is 7.82. The van der Waals surface area contributed by atoms with Gasteiger partial charge in [0.1, 0.15) is 5.75 Å². The molecule has 2 rings (SSSR count). The van der Waals surface area contributed by atoms with E-state index in [1.54, 1.807) is 36.4 Å². The Kier molecular flexibility index (Phi) is 6.55. The van der Waals surface area contributed by atoms with Gasteiger partial charge in [0.15, 0.2) is 6.61 Å². The Balaban J connectivity index is 1.72. The van der Waals surface area contributed by atoms with Gasteiger partial charge < -0.3 is 15.4 Å². The molecule has 6 nitrogen and oxygen atoms in total. The van der Waals surface area contributed by atoms with Crippen molar-refractivity contribution in [2.24, 2.45) is 0 Å². The minimum absolute atomic E-state index is 0.127. The predicted octanol–water partition coefficient (Wildman–Crippen LogP) is 1.93. The molecule has 2 amide bonds. The molecule has 2 aromatic rings. The third kappa shape index (κ3) is 5.99. The first kappa shape index (κ1) is 18.0. The van der Waals surface area contributed by atoms with E-state index >= 15 is 0 Å². The van der Waals surface area contributed by atoms with E-state index in [1.165, 1.54) is 0 Å². The molecule has 0 aromatic heterocycles. The summed E-state index contributed by atoms with van der Waals surface area (Å²) in [7, 11) is 0. The molecule has 0 saturated carbocycles. The second-order valence-electron chi connectivity index (χ2n) is 5.40. The lowest BCUT2D eigenvalue weighted by Gasteiger charge is -2.15. The van der Waals surface area contributed by atoms with Crippen molar-refractivity contribution in [3.63, 3.8) is 0 Å². The molecule has 25 heavy (non-hydrogen) atoms. The summed E-state index contributed by atoms with van der Waals surface area (Å²) < 4.78 is 5.30. The molecule has 1 atom stereocenters. The second-order valence-corrected chi connectivity index (χ2v) is 5.40. The number of amides is 2. The third-order valence-corrected chi connectivity index (χ3v) is 3.48. The molecule has 6 heteroatoms. The van der Waals surface area contributed by atoms with Crippen LogP contribution in [0.2, 0.25) is 0 Å². The molecule has 0 spiro atoms. The average Bonchev–Trinajstić information content (AvgIpc) is 2.65. The molecule has 2 N–H and O–H groups in total. The van der Waals surface area contributed by atoms with Gasteiger partial charge in [-0.2, -0.15) is 5.26 Å². The van der Waals surface area contributed by atoms with Crippen molar-refractivity contribution in [2.75, 3.05) is 13.2 Å². The van der Waals surface area contributed by atoms with Crippen LogP contribution in [-0.2, 0) is 9.59 Å². The highest BCUT2D eigenvalue weighted by Crippen LogP contribution is 2.12. The first-order valence-corrected chi connectivity index (χ1v) is 7.82. The van der Waals surface area contributed by atoms with Crippen molar-refractivity contribution < 1.29 is 14.3 Å². The monoisotopic (exact) mass is 337 g/mol. The van der Waals surface area contributed by atoms with Crippen molar-refractivity contribution in [2.45, 2.75) is 13.0 Å². The van der Waals surface area contributed by atoms with Crippen LogP contribution >= 0.6 is 0 Å². The number of carbonyl (C=O) groups excluding carboxylic acids is 2. The minimum atomic E-state index is -0.370. The van der Waals surface area contributed by atoms with E-state index in [2.05, 4.69) is 10.6 Å². The number of nitrogens with one attached hydrogen (secondary N) is 2. The van der Waals surface area contributed by atoms with Gasteiger partial charge in [0.2, 0.25) is 5.91 Å². The Bertz CT molecular complexity index is 752. The van der Waals surface area contributed by atoms with Gasteiger partial charge >= 0.3 is 0 Å². The normalized spacial score (nSPS) is 11.0. The predicted molar refractivity (Wildman–Crippen MR) is 92.7 cm³/mol. The molecule has 0 saturated heterocycles. The number of carbonyl (C=O) groups is 2. The summed E-state index contributed by atoms with van der Waals surface area (Å²) in [6.07, 6.45) is 0. The zero-order valence-corrected chi connectivity index (χ0v) is 13.9. The summed E-state index contributed by atoms with van der Waals surface area (Å²) in [5.74, 6) is -0.0773. The molecule has 128 valence electrons. The number of ether oxygens (including phenoxy) is 1. The van der Waals surface area contributed by atoms with Crippen molar-refractivity contribution in [3.8, 4) is 11.8 Å². The van der Waals surface area contributed by atoms with Crippen LogP contribution in [0.15, 0.2) is 54.6 Å². The van der Waals surface area contributed by atoms with Gasteiger partial charge in [-0.25, -0.2) is 0 Å². The van der Waals surface area contributed by atoms with Crippen molar-refractivity contribution >= 4 is 11.8 Å². The van der Waals surface area contributed by atoms with Crippen molar-refractivity contribution in [1.29, 1.82) is 5.26 Å². The lowest BCUT2D eigenvalue weighted by atomic mass is 10.1. The third-order valence-electron chi connectivity index (χ3n) is 3.48. The molecule has 2 aromatic carbocycles. The summed E-state index contributed by atoms with van der Waals surface area (Å²) in [5.41, 5.74) is 1.44. The number of nitrogens with zero attached hydrogens (tertiary/aromatic N) is 1. The highest BCUT2D eigenvalue weighted by molar-refractivity contribution is 5.85. The molecule has 0 bridgehead atoms. The van der Waals surface area contributed by atoms with Crippen LogP contribution in [-0.4, -0.2) is 25.0 Å². The highest BCUT2D eigenvalue weighted by Gasteiger charge is 2.11. The molecular formula is C19H19N3O3. The number of benzene rings is 2. The van der Waals surface area contributed by atoms with E-state index in [0.717, 1.165) is 5.56 Å². The van der Waals surface area contributed by atoms with Crippen LogP contribution in [0, 0.1) is 11.3 Å². The summed E-state index contributed by atoms with van der Waals surface area (Å²) in [6, 6.07) is 17.8. The van der Waals surface area contributed by atoms with Crippen LogP contribution in [0.3, 0.4) is 0 Å². The van der Waals surface area contributed by atoms with Crippen LogP contribution in [0.1, 0.15) is 24.1 Å². The van der Waals surface area contributed by atoms with E-state index in [0.29, 0.717) is 11.3 Å². The molecule has 1 unspecified atom stereocenters. The minimum Gasteiger partial charge on any atom is -0.484 e. The topological polar surface area (TPSA) is 91.2 Å². The van der Waals surface area contributed by atoms with Crippen LogP contribution in [0.4, 0.5) is 0 Å². The quantitative estimate of drug-likeness (QED) is 0.807. The number of hydrogen-bond acceptors (Lipinski definition) is 4.